The highest BCUT2D eigenvalue weighted by Crippen LogP contribution is 2.15. The maximum atomic E-state index is 13.1. The summed E-state index contributed by atoms with van der Waals surface area (Å²) in [5.41, 5.74) is 2.73. The van der Waals surface area contributed by atoms with E-state index in [4.69, 9.17) is 0 Å². The van der Waals surface area contributed by atoms with E-state index in [-0.39, 0.29) is 23.7 Å². The second-order valence-electron chi connectivity index (χ2n) is 7.53. The van der Waals surface area contributed by atoms with Crippen molar-refractivity contribution in [1.29, 1.82) is 0 Å². The molecular formula is C25H20N6O2. The number of amides is 1. The van der Waals surface area contributed by atoms with Crippen LogP contribution in [0, 0.1) is 0 Å². The van der Waals surface area contributed by atoms with Crippen LogP contribution in [0.25, 0.3) is 16.5 Å². The van der Waals surface area contributed by atoms with E-state index >= 15 is 0 Å². The first-order valence-corrected chi connectivity index (χ1v) is 10.4. The van der Waals surface area contributed by atoms with E-state index in [1.165, 1.54) is 11.0 Å². The van der Waals surface area contributed by atoms with Crippen molar-refractivity contribution in [3.63, 3.8) is 0 Å². The fourth-order valence-corrected chi connectivity index (χ4v) is 3.64. The van der Waals surface area contributed by atoms with Gasteiger partial charge in [0.25, 0.3) is 11.5 Å². The van der Waals surface area contributed by atoms with E-state index in [0.29, 0.717) is 17.3 Å². The first-order chi connectivity index (χ1) is 16.2. The lowest BCUT2D eigenvalue weighted by Crippen LogP contribution is -2.30. The maximum Gasteiger partial charge on any atom is 0.274 e. The van der Waals surface area contributed by atoms with Crippen LogP contribution in [0.5, 0.6) is 0 Å². The van der Waals surface area contributed by atoms with Crippen LogP contribution in [0.4, 0.5) is 0 Å². The van der Waals surface area contributed by atoms with Gasteiger partial charge in [0.15, 0.2) is 5.69 Å². The van der Waals surface area contributed by atoms with Crippen LogP contribution in [0.3, 0.4) is 0 Å². The number of carbonyl (C=O) groups is 1. The number of nitrogens with one attached hydrogen (secondary N) is 1. The van der Waals surface area contributed by atoms with Gasteiger partial charge in [0.1, 0.15) is 12.7 Å². The van der Waals surface area contributed by atoms with Crippen LogP contribution in [0.15, 0.2) is 96.3 Å². The molecule has 1 amide bonds. The third-order valence-corrected chi connectivity index (χ3v) is 5.33. The number of hydrogen-bond acceptors (Lipinski definition) is 5. The molecule has 0 bridgehead atoms. The lowest BCUT2D eigenvalue weighted by atomic mass is 10.1. The van der Waals surface area contributed by atoms with Crippen molar-refractivity contribution in [3.8, 4) is 5.69 Å². The summed E-state index contributed by atoms with van der Waals surface area (Å²) in [4.78, 5) is 30.0. The number of aromatic nitrogens is 5. The fraction of sp³-hybridized carbons (Fsp3) is 0.0800. The van der Waals surface area contributed by atoms with E-state index in [9.17, 15) is 9.59 Å². The molecule has 5 rings (SSSR count). The zero-order valence-electron chi connectivity index (χ0n) is 17.6. The summed E-state index contributed by atoms with van der Waals surface area (Å²) in [5, 5.41) is 12.5. The summed E-state index contributed by atoms with van der Waals surface area (Å²) in [6.45, 7) is 0.610. The predicted molar refractivity (Wildman–Crippen MR) is 124 cm³/mol. The molecule has 5 aromatic rings. The van der Waals surface area contributed by atoms with E-state index in [2.05, 4.69) is 20.5 Å². The van der Waals surface area contributed by atoms with Gasteiger partial charge >= 0.3 is 0 Å². The molecule has 0 spiro atoms. The number of fused-ring (bicyclic) bond motifs is 1. The first kappa shape index (κ1) is 20.3. The van der Waals surface area contributed by atoms with Crippen molar-refractivity contribution >= 4 is 16.7 Å². The van der Waals surface area contributed by atoms with Gasteiger partial charge in [0, 0.05) is 11.9 Å². The molecule has 0 aliphatic heterocycles. The Morgan fingerprint density at radius 2 is 1.58 bits per heavy atom. The number of benzene rings is 3. The highest BCUT2D eigenvalue weighted by molar-refractivity contribution is 6.04. The topological polar surface area (TPSA) is 94.7 Å². The van der Waals surface area contributed by atoms with Crippen molar-refractivity contribution in [1.82, 2.24) is 29.9 Å². The van der Waals surface area contributed by atoms with Gasteiger partial charge in [-0.1, -0.05) is 60.7 Å². The Morgan fingerprint density at radius 3 is 2.30 bits per heavy atom. The van der Waals surface area contributed by atoms with Crippen LogP contribution >= 0.6 is 0 Å². The SMILES string of the molecule is O=C(NCc1ccc(-n2cncn2)cc1)c1nn(Cc2ccccc2)c(=O)c2ccccc12. The zero-order chi connectivity index (χ0) is 22.6. The Balaban J connectivity index is 1.40. The quantitative estimate of drug-likeness (QED) is 0.442. The zero-order valence-corrected chi connectivity index (χ0v) is 17.6. The van der Waals surface area contributed by atoms with Crippen LogP contribution in [-0.2, 0) is 13.1 Å². The van der Waals surface area contributed by atoms with Crippen LogP contribution < -0.4 is 10.9 Å². The molecule has 8 heteroatoms. The van der Waals surface area contributed by atoms with Gasteiger partial charge in [-0.2, -0.15) is 10.2 Å². The Morgan fingerprint density at radius 1 is 0.848 bits per heavy atom. The molecule has 0 radical (unpaired) electrons. The highest BCUT2D eigenvalue weighted by Gasteiger charge is 2.16. The van der Waals surface area contributed by atoms with Crippen LogP contribution in [0.2, 0.25) is 0 Å². The smallest absolute Gasteiger partial charge is 0.274 e. The number of carbonyl (C=O) groups excluding carboxylic acids is 1. The second-order valence-corrected chi connectivity index (χ2v) is 7.53. The summed E-state index contributed by atoms with van der Waals surface area (Å²) >= 11 is 0. The summed E-state index contributed by atoms with van der Waals surface area (Å²) in [6, 6.07) is 24.3. The van der Waals surface area contributed by atoms with Crippen molar-refractivity contribution in [2.45, 2.75) is 13.1 Å². The van der Waals surface area contributed by atoms with Crippen molar-refractivity contribution in [2.24, 2.45) is 0 Å². The Hall–Kier alpha value is -4.59. The van der Waals surface area contributed by atoms with Crippen molar-refractivity contribution in [3.05, 3.63) is 119 Å². The molecule has 0 aliphatic rings. The fourth-order valence-electron chi connectivity index (χ4n) is 3.64. The molecule has 0 saturated heterocycles. The molecule has 0 fully saturated rings. The van der Waals surface area contributed by atoms with Gasteiger partial charge in [-0.3, -0.25) is 9.59 Å². The highest BCUT2D eigenvalue weighted by atomic mass is 16.2. The second kappa shape index (κ2) is 8.88. The molecule has 3 aromatic carbocycles. The third-order valence-electron chi connectivity index (χ3n) is 5.33. The lowest BCUT2D eigenvalue weighted by molar-refractivity contribution is 0.0945. The van der Waals surface area contributed by atoms with E-state index in [1.54, 1.807) is 35.3 Å². The maximum absolute atomic E-state index is 13.1. The molecule has 33 heavy (non-hydrogen) atoms. The number of rotatable bonds is 6. The van der Waals surface area contributed by atoms with Gasteiger partial charge in [0.2, 0.25) is 0 Å². The molecule has 1 N–H and O–H groups in total. The normalized spacial score (nSPS) is 10.9. The van der Waals surface area contributed by atoms with Crippen LogP contribution in [-0.4, -0.2) is 30.5 Å². The Kier molecular flexibility index (Phi) is 5.47. The van der Waals surface area contributed by atoms with Gasteiger partial charge in [0.05, 0.1) is 17.6 Å². The molecule has 162 valence electrons. The number of nitrogens with zero attached hydrogens (tertiary/aromatic N) is 5. The largest absolute Gasteiger partial charge is 0.347 e. The van der Waals surface area contributed by atoms with Crippen molar-refractivity contribution in [2.75, 3.05) is 0 Å². The van der Waals surface area contributed by atoms with Gasteiger partial charge in [-0.25, -0.2) is 14.3 Å². The molecule has 2 heterocycles. The summed E-state index contributed by atoms with van der Waals surface area (Å²) < 4.78 is 3.01. The molecule has 0 saturated carbocycles. The first-order valence-electron chi connectivity index (χ1n) is 10.4. The summed E-state index contributed by atoms with van der Waals surface area (Å²) in [5.74, 6) is -0.339. The predicted octanol–water partition coefficient (Wildman–Crippen LogP) is 2.96. The average Bonchev–Trinajstić information content (AvgIpc) is 3.40. The van der Waals surface area contributed by atoms with E-state index in [0.717, 1.165) is 16.8 Å². The van der Waals surface area contributed by atoms with Crippen molar-refractivity contribution < 1.29 is 4.79 Å². The minimum atomic E-state index is -0.339. The molecule has 0 aliphatic carbocycles. The standard InChI is InChI=1S/C25H20N6O2/c32-24(27-14-18-10-12-20(13-11-18)31-17-26-16-28-31)23-21-8-4-5-9-22(21)25(33)30(29-23)15-19-6-2-1-3-7-19/h1-13,16-17H,14-15H2,(H,27,32). The number of hydrogen-bond donors (Lipinski definition) is 1. The van der Waals surface area contributed by atoms with Crippen LogP contribution in [0.1, 0.15) is 21.6 Å². The monoisotopic (exact) mass is 436 g/mol. The minimum Gasteiger partial charge on any atom is -0.347 e. The lowest BCUT2D eigenvalue weighted by Gasteiger charge is -2.12. The third kappa shape index (κ3) is 4.27. The van der Waals surface area contributed by atoms with E-state index < -0.39 is 0 Å². The van der Waals surface area contributed by atoms with Gasteiger partial charge in [-0.15, -0.1) is 0 Å². The molecular weight excluding hydrogens is 416 g/mol. The average molecular weight is 436 g/mol. The molecule has 0 atom stereocenters. The summed E-state index contributed by atoms with van der Waals surface area (Å²) in [7, 11) is 0. The van der Waals surface area contributed by atoms with E-state index in [1.807, 2.05) is 54.6 Å². The molecule has 8 nitrogen and oxygen atoms in total. The Bertz CT molecular complexity index is 1460. The Labute approximate surface area is 189 Å². The molecule has 2 aromatic heterocycles. The summed E-state index contributed by atoms with van der Waals surface area (Å²) in [6.07, 6.45) is 3.10. The molecule has 0 unspecified atom stereocenters. The van der Waals surface area contributed by atoms with Gasteiger partial charge < -0.3 is 5.32 Å². The van der Waals surface area contributed by atoms with Gasteiger partial charge in [-0.05, 0) is 29.3 Å². The minimum absolute atomic E-state index is 0.223.